The van der Waals surface area contributed by atoms with Crippen molar-refractivity contribution in [2.24, 2.45) is 0 Å². The molecule has 154 valence electrons. The molecule has 4 rings (SSSR count). The molecule has 6 nitrogen and oxygen atoms in total. The Hall–Kier alpha value is -2.12. The largest absolute Gasteiger partial charge is 0.354 e. The first-order valence-electron chi connectivity index (χ1n) is 10.4. The zero-order chi connectivity index (χ0) is 20.2. The summed E-state index contributed by atoms with van der Waals surface area (Å²) in [5.74, 6) is 1.81. The summed E-state index contributed by atoms with van der Waals surface area (Å²) in [5.41, 5.74) is 2.93. The molecule has 1 amide bonds. The summed E-state index contributed by atoms with van der Waals surface area (Å²) in [7, 11) is 2.16. The van der Waals surface area contributed by atoms with Crippen LogP contribution in [-0.4, -0.2) is 60.0 Å². The van der Waals surface area contributed by atoms with Crippen molar-refractivity contribution in [3.05, 3.63) is 47.2 Å². The zero-order valence-electron chi connectivity index (χ0n) is 17.2. The normalized spacial score (nSPS) is 17.4. The molecule has 1 N–H and O–H groups in total. The number of hydrogen-bond acceptors (Lipinski definition) is 6. The fourth-order valence-corrected chi connectivity index (χ4v) is 4.16. The molecule has 2 aliphatic rings. The minimum absolute atomic E-state index is 0.0286. The van der Waals surface area contributed by atoms with Crippen LogP contribution in [-0.2, 0) is 12.2 Å². The maximum Gasteiger partial charge on any atom is 0.251 e. The second-order valence-corrected chi connectivity index (χ2v) is 8.82. The van der Waals surface area contributed by atoms with Gasteiger partial charge in [-0.3, -0.25) is 4.79 Å². The Morgan fingerprint density at radius 2 is 1.97 bits per heavy atom. The first kappa shape index (κ1) is 20.2. The molecule has 1 aromatic heterocycles. The highest BCUT2D eigenvalue weighted by Crippen LogP contribution is 2.25. The monoisotopic (exact) mass is 411 g/mol. The average molecular weight is 412 g/mol. The van der Waals surface area contributed by atoms with Crippen LogP contribution in [0.5, 0.6) is 0 Å². The van der Waals surface area contributed by atoms with Crippen LogP contribution in [0.15, 0.2) is 35.5 Å². The summed E-state index contributed by atoms with van der Waals surface area (Å²) in [6.45, 7) is 6.25. The zero-order valence-corrected chi connectivity index (χ0v) is 18.0. The molecule has 2 fully saturated rings. The summed E-state index contributed by atoms with van der Waals surface area (Å²) < 4.78 is 0. The van der Waals surface area contributed by atoms with Crippen LogP contribution in [0.2, 0.25) is 0 Å². The van der Waals surface area contributed by atoms with E-state index in [0.29, 0.717) is 6.04 Å². The molecule has 0 unspecified atom stereocenters. The summed E-state index contributed by atoms with van der Waals surface area (Å²) in [6.07, 6.45) is 3.09. The van der Waals surface area contributed by atoms with E-state index in [1.165, 1.54) is 0 Å². The van der Waals surface area contributed by atoms with Gasteiger partial charge in [-0.15, -0.1) is 0 Å². The Morgan fingerprint density at radius 3 is 2.69 bits per heavy atom. The third-order valence-electron chi connectivity index (χ3n) is 5.40. The van der Waals surface area contributed by atoms with E-state index in [1.807, 2.05) is 18.2 Å². The Labute approximate surface area is 177 Å². The maximum atomic E-state index is 12.3. The molecule has 0 bridgehead atoms. The quantitative estimate of drug-likeness (QED) is 0.558. The van der Waals surface area contributed by atoms with Crippen molar-refractivity contribution in [1.82, 2.24) is 20.2 Å². The summed E-state index contributed by atoms with van der Waals surface area (Å²) in [4.78, 5) is 26.5. The van der Waals surface area contributed by atoms with Gasteiger partial charge in [-0.2, -0.15) is 0 Å². The first-order valence-corrected chi connectivity index (χ1v) is 11.4. The lowest BCUT2D eigenvalue weighted by Crippen LogP contribution is -2.44. The Bertz CT molecular complexity index is 862. The number of anilines is 1. The standard InChI is InChI=1S/C22H29N5OS/c1-3-18-14-20(27-11-9-26(2)10-12-27)25-22(24-18)29-15-16-5-4-6-17(13-16)21(28)23-19-7-8-19/h4-6,13-14,19H,3,7-12,15H2,1-2H3,(H,23,28). The highest BCUT2D eigenvalue weighted by Gasteiger charge is 2.23. The van der Waals surface area contributed by atoms with Crippen molar-refractivity contribution in [2.75, 3.05) is 38.1 Å². The number of hydrogen-bond donors (Lipinski definition) is 1. The van der Waals surface area contributed by atoms with Gasteiger partial charge in [-0.05, 0) is 44.0 Å². The van der Waals surface area contributed by atoms with Crippen molar-refractivity contribution in [3.63, 3.8) is 0 Å². The fraction of sp³-hybridized carbons (Fsp3) is 0.500. The minimum Gasteiger partial charge on any atom is -0.354 e. The second kappa shape index (κ2) is 9.13. The van der Waals surface area contributed by atoms with E-state index >= 15 is 0 Å². The number of carbonyl (C=O) groups is 1. The van der Waals surface area contributed by atoms with Crippen LogP contribution in [0.25, 0.3) is 0 Å². The Morgan fingerprint density at radius 1 is 1.17 bits per heavy atom. The number of nitrogens with zero attached hydrogens (tertiary/aromatic N) is 4. The predicted octanol–water partition coefficient (Wildman–Crippen LogP) is 2.98. The number of amides is 1. The number of likely N-dealkylation sites (N-methyl/N-ethyl adjacent to an activating group) is 1. The molecule has 1 aliphatic carbocycles. The number of thioether (sulfide) groups is 1. The van der Waals surface area contributed by atoms with Gasteiger partial charge < -0.3 is 15.1 Å². The van der Waals surface area contributed by atoms with Gasteiger partial charge in [-0.1, -0.05) is 30.8 Å². The molecule has 2 aromatic rings. The van der Waals surface area contributed by atoms with Crippen LogP contribution in [0.4, 0.5) is 5.82 Å². The molecule has 7 heteroatoms. The average Bonchev–Trinajstić information content (AvgIpc) is 3.56. The lowest BCUT2D eigenvalue weighted by molar-refractivity contribution is 0.0951. The number of aromatic nitrogens is 2. The minimum atomic E-state index is 0.0286. The van der Waals surface area contributed by atoms with E-state index in [9.17, 15) is 4.79 Å². The molecule has 1 aromatic carbocycles. The van der Waals surface area contributed by atoms with Crippen LogP contribution in [0.3, 0.4) is 0 Å². The molecule has 2 heterocycles. The molecule has 0 atom stereocenters. The van der Waals surface area contributed by atoms with Gasteiger partial charge in [0.15, 0.2) is 5.16 Å². The molecule has 1 saturated carbocycles. The number of rotatable bonds is 7. The third kappa shape index (κ3) is 5.48. The molecule has 1 aliphatic heterocycles. The van der Waals surface area contributed by atoms with Crippen LogP contribution >= 0.6 is 11.8 Å². The molecule has 0 spiro atoms. The van der Waals surface area contributed by atoms with E-state index in [0.717, 1.165) is 79.0 Å². The van der Waals surface area contributed by atoms with E-state index in [4.69, 9.17) is 9.97 Å². The van der Waals surface area contributed by atoms with Crippen molar-refractivity contribution in [1.29, 1.82) is 0 Å². The van der Waals surface area contributed by atoms with Gasteiger partial charge in [-0.25, -0.2) is 9.97 Å². The van der Waals surface area contributed by atoms with Crippen LogP contribution in [0, 0.1) is 0 Å². The maximum absolute atomic E-state index is 12.3. The summed E-state index contributed by atoms with van der Waals surface area (Å²) in [6, 6.07) is 10.4. The van der Waals surface area contributed by atoms with Crippen LogP contribution < -0.4 is 10.2 Å². The van der Waals surface area contributed by atoms with Gasteiger partial charge >= 0.3 is 0 Å². The lowest BCUT2D eigenvalue weighted by Gasteiger charge is -2.33. The van der Waals surface area contributed by atoms with Crippen LogP contribution in [0.1, 0.15) is 41.4 Å². The molecule has 0 radical (unpaired) electrons. The Kier molecular flexibility index (Phi) is 6.35. The van der Waals surface area contributed by atoms with E-state index in [1.54, 1.807) is 11.8 Å². The van der Waals surface area contributed by atoms with Gasteiger partial charge in [0.25, 0.3) is 5.91 Å². The van der Waals surface area contributed by atoms with Crippen molar-refractivity contribution >= 4 is 23.5 Å². The SMILES string of the molecule is CCc1cc(N2CCN(C)CC2)nc(SCc2cccc(C(=O)NC3CC3)c2)n1. The van der Waals surface area contributed by atoms with Gasteiger partial charge in [0.05, 0.1) is 0 Å². The lowest BCUT2D eigenvalue weighted by atomic mass is 10.1. The topological polar surface area (TPSA) is 61.4 Å². The fourth-order valence-electron chi connectivity index (χ4n) is 3.35. The van der Waals surface area contributed by atoms with E-state index < -0.39 is 0 Å². The van der Waals surface area contributed by atoms with Gasteiger partial charge in [0.2, 0.25) is 0 Å². The summed E-state index contributed by atoms with van der Waals surface area (Å²) in [5, 5.41) is 3.86. The molecule has 29 heavy (non-hydrogen) atoms. The predicted molar refractivity (Wildman–Crippen MR) is 118 cm³/mol. The summed E-state index contributed by atoms with van der Waals surface area (Å²) >= 11 is 1.64. The Balaban J connectivity index is 1.43. The van der Waals surface area contributed by atoms with E-state index in [2.05, 4.69) is 41.2 Å². The number of carbonyl (C=O) groups excluding carboxylic acids is 1. The second-order valence-electron chi connectivity index (χ2n) is 7.88. The highest BCUT2D eigenvalue weighted by atomic mass is 32.2. The smallest absolute Gasteiger partial charge is 0.251 e. The number of aryl methyl sites for hydroxylation is 1. The molecular weight excluding hydrogens is 382 g/mol. The number of nitrogens with one attached hydrogen (secondary N) is 1. The number of benzene rings is 1. The third-order valence-corrected chi connectivity index (χ3v) is 6.32. The molecular formula is C22H29N5OS. The highest BCUT2D eigenvalue weighted by molar-refractivity contribution is 7.98. The number of piperazine rings is 1. The van der Waals surface area contributed by atoms with Crippen molar-refractivity contribution in [3.8, 4) is 0 Å². The van der Waals surface area contributed by atoms with Crippen molar-refractivity contribution in [2.45, 2.75) is 43.1 Å². The van der Waals surface area contributed by atoms with Gasteiger partial charge in [0, 0.05) is 55.3 Å². The van der Waals surface area contributed by atoms with Crippen molar-refractivity contribution < 1.29 is 4.79 Å². The first-order chi connectivity index (χ1) is 14.1. The van der Waals surface area contributed by atoms with Gasteiger partial charge in [0.1, 0.15) is 5.82 Å². The molecule has 1 saturated heterocycles. The van der Waals surface area contributed by atoms with E-state index in [-0.39, 0.29) is 5.91 Å².